The Labute approximate surface area is 138 Å². The van der Waals surface area contributed by atoms with Gasteiger partial charge in [-0.1, -0.05) is 29.3 Å². The second-order valence-electron chi connectivity index (χ2n) is 4.80. The van der Waals surface area contributed by atoms with Crippen LogP contribution in [0.15, 0.2) is 40.7 Å². The summed E-state index contributed by atoms with van der Waals surface area (Å²) in [4.78, 5) is 0. The molecule has 2 rings (SSSR count). The first-order chi connectivity index (χ1) is 10.4. The summed E-state index contributed by atoms with van der Waals surface area (Å²) in [5, 5.41) is 28.1. The van der Waals surface area contributed by atoms with Gasteiger partial charge in [-0.15, -0.1) is 0 Å². The Hall–Kier alpha value is -2.45. The highest BCUT2D eigenvalue weighted by atomic mass is 35.5. The summed E-state index contributed by atoms with van der Waals surface area (Å²) in [6.07, 6.45) is 0. The molecule has 1 aliphatic heterocycles. The van der Waals surface area contributed by atoms with Gasteiger partial charge in [0.1, 0.15) is 18.2 Å². The SMILES string of the molecule is CC1=C(C#N)C(=C(C#N)C#N)O[C@@]1(C)c1ccc(Cl)c(Cl)c1. The lowest BCUT2D eigenvalue weighted by Crippen LogP contribution is -2.23. The predicted molar refractivity (Wildman–Crippen MR) is 81.5 cm³/mol. The molecule has 1 heterocycles. The van der Waals surface area contributed by atoms with E-state index in [1.54, 1.807) is 44.2 Å². The van der Waals surface area contributed by atoms with E-state index in [9.17, 15) is 5.26 Å². The third-order valence-corrected chi connectivity index (χ3v) is 4.40. The normalized spacial score (nSPS) is 20.0. The van der Waals surface area contributed by atoms with E-state index in [1.807, 2.05) is 6.07 Å². The number of nitrogens with zero attached hydrogens (tertiary/aromatic N) is 3. The van der Waals surface area contributed by atoms with Gasteiger partial charge in [0, 0.05) is 5.56 Å². The molecule has 0 amide bonds. The smallest absolute Gasteiger partial charge is 0.172 e. The monoisotopic (exact) mass is 329 g/mol. The highest BCUT2D eigenvalue weighted by Gasteiger charge is 2.42. The van der Waals surface area contributed by atoms with Crippen molar-refractivity contribution in [3.8, 4) is 18.2 Å². The highest BCUT2D eigenvalue weighted by Crippen LogP contribution is 2.46. The highest BCUT2D eigenvalue weighted by molar-refractivity contribution is 6.42. The number of hydrogen-bond donors (Lipinski definition) is 0. The van der Waals surface area contributed by atoms with Crippen molar-refractivity contribution in [1.29, 1.82) is 15.8 Å². The Bertz CT molecular complexity index is 834. The molecule has 1 aromatic carbocycles. The number of rotatable bonds is 1. The second kappa shape index (κ2) is 5.74. The average Bonchev–Trinajstić information content (AvgIpc) is 2.76. The molecule has 22 heavy (non-hydrogen) atoms. The number of hydrogen-bond acceptors (Lipinski definition) is 4. The van der Waals surface area contributed by atoms with E-state index in [0.717, 1.165) is 0 Å². The third kappa shape index (κ3) is 2.32. The first kappa shape index (κ1) is 15.9. The Morgan fingerprint density at radius 2 is 1.77 bits per heavy atom. The van der Waals surface area contributed by atoms with Crippen LogP contribution in [0.5, 0.6) is 0 Å². The van der Waals surface area contributed by atoms with E-state index in [0.29, 0.717) is 21.2 Å². The zero-order valence-corrected chi connectivity index (χ0v) is 13.2. The lowest BCUT2D eigenvalue weighted by Gasteiger charge is -2.27. The van der Waals surface area contributed by atoms with E-state index in [1.165, 1.54) is 0 Å². The minimum absolute atomic E-state index is 0.00132. The molecule has 0 saturated heterocycles. The second-order valence-corrected chi connectivity index (χ2v) is 5.62. The molecule has 1 aromatic rings. The molecule has 0 N–H and O–H groups in total. The molecule has 1 aliphatic rings. The van der Waals surface area contributed by atoms with Crippen LogP contribution in [0.4, 0.5) is 0 Å². The molecule has 0 fully saturated rings. The van der Waals surface area contributed by atoms with E-state index in [-0.39, 0.29) is 16.9 Å². The zero-order valence-electron chi connectivity index (χ0n) is 11.7. The molecule has 4 nitrogen and oxygen atoms in total. The summed E-state index contributed by atoms with van der Waals surface area (Å²) >= 11 is 12.0. The lowest BCUT2D eigenvalue weighted by atomic mass is 9.88. The van der Waals surface area contributed by atoms with Crippen LogP contribution in [0.2, 0.25) is 10.0 Å². The van der Waals surface area contributed by atoms with Crippen LogP contribution in [0, 0.1) is 34.0 Å². The van der Waals surface area contributed by atoms with Crippen LogP contribution in [0.3, 0.4) is 0 Å². The standard InChI is InChI=1S/C16H9Cl2N3O/c1-9-12(8-21)15(10(6-19)7-20)22-16(9,2)11-3-4-13(17)14(18)5-11/h3-5H,1-2H3/t16-/m1/s1. The van der Waals surface area contributed by atoms with Crippen molar-refractivity contribution in [3.63, 3.8) is 0 Å². The van der Waals surface area contributed by atoms with E-state index >= 15 is 0 Å². The Morgan fingerprint density at radius 1 is 1.14 bits per heavy atom. The topological polar surface area (TPSA) is 80.6 Å². The van der Waals surface area contributed by atoms with Crippen LogP contribution in [-0.4, -0.2) is 0 Å². The first-order valence-corrected chi connectivity index (χ1v) is 6.95. The number of halogens is 2. The summed E-state index contributed by atoms with van der Waals surface area (Å²) in [5.74, 6) is -0.00132. The lowest BCUT2D eigenvalue weighted by molar-refractivity contribution is 0.0728. The maximum absolute atomic E-state index is 9.34. The van der Waals surface area contributed by atoms with Gasteiger partial charge in [0.2, 0.25) is 0 Å². The molecule has 0 saturated carbocycles. The van der Waals surface area contributed by atoms with Crippen molar-refractivity contribution in [2.45, 2.75) is 19.4 Å². The van der Waals surface area contributed by atoms with Crippen LogP contribution in [0.25, 0.3) is 0 Å². The van der Waals surface area contributed by atoms with Crippen molar-refractivity contribution < 1.29 is 4.74 Å². The number of benzene rings is 1. The molecule has 1 atom stereocenters. The molecule has 0 unspecified atom stereocenters. The third-order valence-electron chi connectivity index (χ3n) is 3.66. The molecular weight excluding hydrogens is 321 g/mol. The molecule has 0 radical (unpaired) electrons. The molecule has 0 spiro atoms. The minimum Gasteiger partial charge on any atom is -0.475 e. The van der Waals surface area contributed by atoms with Gasteiger partial charge in [0.05, 0.1) is 15.6 Å². The zero-order chi connectivity index (χ0) is 16.5. The van der Waals surface area contributed by atoms with Crippen molar-refractivity contribution in [1.82, 2.24) is 0 Å². The van der Waals surface area contributed by atoms with Gasteiger partial charge in [-0.05, 0) is 31.6 Å². The molecule has 0 aliphatic carbocycles. The fourth-order valence-electron chi connectivity index (χ4n) is 2.25. The van der Waals surface area contributed by atoms with Gasteiger partial charge in [-0.25, -0.2) is 0 Å². The average molecular weight is 330 g/mol. The summed E-state index contributed by atoms with van der Waals surface area (Å²) < 4.78 is 5.83. The Morgan fingerprint density at radius 3 is 2.27 bits per heavy atom. The van der Waals surface area contributed by atoms with Crippen LogP contribution < -0.4 is 0 Å². The largest absolute Gasteiger partial charge is 0.475 e. The fraction of sp³-hybridized carbons (Fsp3) is 0.188. The number of ether oxygens (including phenoxy) is 1. The molecule has 0 bridgehead atoms. The van der Waals surface area contributed by atoms with E-state index in [4.69, 9.17) is 38.5 Å². The summed E-state index contributed by atoms with van der Waals surface area (Å²) in [6.45, 7) is 3.47. The molecule has 0 aromatic heterocycles. The van der Waals surface area contributed by atoms with Gasteiger partial charge in [0.25, 0.3) is 0 Å². The van der Waals surface area contributed by atoms with Crippen molar-refractivity contribution in [2.24, 2.45) is 0 Å². The number of nitriles is 3. The molecule has 108 valence electrons. The fourth-order valence-corrected chi connectivity index (χ4v) is 2.54. The van der Waals surface area contributed by atoms with Gasteiger partial charge in [-0.3, -0.25) is 0 Å². The molecular formula is C16H9Cl2N3O. The van der Waals surface area contributed by atoms with E-state index < -0.39 is 5.60 Å². The van der Waals surface area contributed by atoms with Crippen LogP contribution in [0.1, 0.15) is 19.4 Å². The Balaban J connectivity index is 2.69. The van der Waals surface area contributed by atoms with Crippen LogP contribution in [-0.2, 0) is 10.3 Å². The summed E-state index contributed by atoms with van der Waals surface area (Å²) in [6, 6.07) is 10.5. The van der Waals surface area contributed by atoms with Gasteiger partial charge >= 0.3 is 0 Å². The Kier molecular flexibility index (Phi) is 4.16. The molecule has 6 heteroatoms. The van der Waals surface area contributed by atoms with Crippen molar-refractivity contribution >= 4 is 23.2 Å². The predicted octanol–water partition coefficient (Wildman–Crippen LogP) is 4.38. The van der Waals surface area contributed by atoms with Gasteiger partial charge in [-0.2, -0.15) is 15.8 Å². The van der Waals surface area contributed by atoms with Gasteiger partial charge in [0.15, 0.2) is 16.9 Å². The van der Waals surface area contributed by atoms with Gasteiger partial charge < -0.3 is 4.74 Å². The summed E-state index contributed by atoms with van der Waals surface area (Å²) in [7, 11) is 0. The van der Waals surface area contributed by atoms with E-state index in [2.05, 4.69) is 0 Å². The van der Waals surface area contributed by atoms with Crippen molar-refractivity contribution in [3.05, 3.63) is 56.3 Å². The summed E-state index contributed by atoms with van der Waals surface area (Å²) in [5.41, 5.74) is 0.239. The maximum atomic E-state index is 9.34. The quantitative estimate of drug-likeness (QED) is 0.716. The first-order valence-electron chi connectivity index (χ1n) is 6.20. The van der Waals surface area contributed by atoms with Crippen LogP contribution >= 0.6 is 23.2 Å². The minimum atomic E-state index is -0.992. The maximum Gasteiger partial charge on any atom is 0.172 e. The number of allylic oxidation sites excluding steroid dienone is 2. The van der Waals surface area contributed by atoms with Crippen molar-refractivity contribution in [2.75, 3.05) is 0 Å².